The molecule has 52 heavy (non-hydrogen) atoms. The topological polar surface area (TPSA) is 18.5 Å². The number of ether oxygens (including phenoxy) is 2. The zero-order valence-electron chi connectivity index (χ0n) is 33.2. The van der Waals surface area contributed by atoms with Crippen LogP contribution in [-0.2, 0) is 5.41 Å². The first kappa shape index (κ1) is 37.4. The molecule has 5 aromatic rings. The molecule has 0 saturated carbocycles. The Labute approximate surface area is 315 Å². The highest BCUT2D eigenvalue weighted by molar-refractivity contribution is 6.92. The third-order valence-corrected chi connectivity index (χ3v) is 15.6. The fraction of sp³-hybridized carbons (Fsp3) is 0.347. The molecule has 6 rings (SSSR count). The van der Waals surface area contributed by atoms with Crippen molar-refractivity contribution in [1.82, 2.24) is 0 Å². The Morgan fingerprint density at radius 3 is 1.56 bits per heavy atom. The van der Waals surface area contributed by atoms with Crippen LogP contribution < -0.4 is 14.7 Å². The van der Waals surface area contributed by atoms with Gasteiger partial charge in [-0.15, -0.1) is 0 Å². The Balaban J connectivity index is 1.57. The van der Waals surface area contributed by atoms with Gasteiger partial charge in [0, 0.05) is 11.1 Å². The van der Waals surface area contributed by atoms with Gasteiger partial charge >= 0.3 is 0 Å². The molecule has 2 atom stereocenters. The van der Waals surface area contributed by atoms with Gasteiger partial charge in [0.2, 0.25) is 0 Å². The molecule has 0 amide bonds. The van der Waals surface area contributed by atoms with Gasteiger partial charge in [-0.05, 0) is 103 Å². The number of hydrogen-bond acceptors (Lipinski definition) is 2. The van der Waals surface area contributed by atoms with Crippen LogP contribution in [0.3, 0.4) is 0 Å². The average Bonchev–Trinajstić information content (AvgIpc) is 3.49. The molecule has 3 heteroatoms. The van der Waals surface area contributed by atoms with E-state index in [4.69, 9.17) is 9.47 Å². The van der Waals surface area contributed by atoms with Gasteiger partial charge in [-0.2, -0.15) is 0 Å². The van der Waals surface area contributed by atoms with E-state index in [-0.39, 0.29) is 11.0 Å². The lowest BCUT2D eigenvalue weighted by molar-refractivity contribution is 0.351. The van der Waals surface area contributed by atoms with E-state index in [1.54, 1.807) is 7.11 Å². The van der Waals surface area contributed by atoms with Gasteiger partial charge in [0.15, 0.2) is 0 Å². The Bertz CT molecular complexity index is 1940. The van der Waals surface area contributed by atoms with E-state index in [9.17, 15) is 0 Å². The third-order valence-electron chi connectivity index (χ3n) is 11.7. The number of hydrogen-bond donors (Lipinski definition) is 0. The molecule has 2 nitrogen and oxygen atoms in total. The molecule has 0 aliphatic heterocycles. The van der Waals surface area contributed by atoms with E-state index in [0.717, 1.165) is 24.3 Å². The van der Waals surface area contributed by atoms with Crippen LogP contribution in [0.2, 0.25) is 13.1 Å². The second-order valence-electron chi connectivity index (χ2n) is 16.5. The minimum atomic E-state index is -2.45. The van der Waals surface area contributed by atoms with Gasteiger partial charge in [-0.3, -0.25) is 0 Å². The van der Waals surface area contributed by atoms with Gasteiger partial charge in [-0.1, -0.05) is 159 Å². The number of fused-ring (bicyclic) bond motifs is 3. The normalized spacial score (nSPS) is 15.1. The zero-order valence-corrected chi connectivity index (χ0v) is 34.2. The minimum Gasteiger partial charge on any atom is -0.497 e. The summed E-state index contributed by atoms with van der Waals surface area (Å²) in [7, 11) is -0.666. The summed E-state index contributed by atoms with van der Waals surface area (Å²) >= 11 is 0. The first-order valence-electron chi connectivity index (χ1n) is 19.3. The lowest BCUT2D eigenvalue weighted by Gasteiger charge is -2.36. The van der Waals surface area contributed by atoms with Crippen molar-refractivity contribution in [3.63, 3.8) is 0 Å². The number of benzene rings is 5. The maximum atomic E-state index is 6.69. The van der Waals surface area contributed by atoms with E-state index >= 15 is 0 Å². The van der Waals surface area contributed by atoms with Crippen LogP contribution in [0.5, 0.6) is 11.5 Å². The van der Waals surface area contributed by atoms with Gasteiger partial charge in [0.1, 0.15) is 18.1 Å². The van der Waals surface area contributed by atoms with Crippen LogP contribution in [0.25, 0.3) is 33.4 Å². The van der Waals surface area contributed by atoms with Crippen LogP contribution in [0, 0.1) is 0 Å². The highest BCUT2D eigenvalue weighted by atomic mass is 28.3. The number of rotatable bonds is 12. The summed E-state index contributed by atoms with van der Waals surface area (Å²) in [6, 6.07) is 37.3. The second kappa shape index (κ2) is 15.0. The average molecular weight is 707 g/mol. The smallest absolute Gasteiger partial charge is 0.123 e. The third kappa shape index (κ3) is 7.05. The van der Waals surface area contributed by atoms with E-state index in [1.165, 1.54) is 66.4 Å². The fourth-order valence-electron chi connectivity index (χ4n) is 8.09. The van der Waals surface area contributed by atoms with Crippen molar-refractivity contribution in [2.75, 3.05) is 13.7 Å². The monoisotopic (exact) mass is 706 g/mol. The van der Waals surface area contributed by atoms with Crippen molar-refractivity contribution in [2.45, 2.75) is 97.2 Å². The Morgan fingerprint density at radius 1 is 0.692 bits per heavy atom. The van der Waals surface area contributed by atoms with Crippen LogP contribution in [0.1, 0.15) is 107 Å². The molecule has 0 bridgehead atoms. The molecule has 0 N–H and O–H groups in total. The largest absolute Gasteiger partial charge is 0.497 e. The maximum Gasteiger partial charge on any atom is 0.123 e. The predicted molar refractivity (Wildman–Crippen MR) is 227 cm³/mol. The Hall–Kier alpha value is -4.34. The summed E-state index contributed by atoms with van der Waals surface area (Å²) in [6.45, 7) is 25.4. The summed E-state index contributed by atoms with van der Waals surface area (Å²) in [5.41, 5.74) is 14.6. The summed E-state index contributed by atoms with van der Waals surface area (Å²) in [5, 5.41) is 1.29. The van der Waals surface area contributed by atoms with Crippen molar-refractivity contribution in [3.05, 3.63) is 138 Å². The van der Waals surface area contributed by atoms with E-state index in [2.05, 4.69) is 165 Å². The molecule has 1 aliphatic rings. The summed E-state index contributed by atoms with van der Waals surface area (Å²) in [4.78, 5) is 0. The lowest BCUT2D eigenvalue weighted by atomic mass is 9.86. The first-order valence-corrected chi connectivity index (χ1v) is 22.4. The molecular weight excluding hydrogens is 649 g/mol. The van der Waals surface area contributed by atoms with Gasteiger partial charge in [-0.25, -0.2) is 0 Å². The van der Waals surface area contributed by atoms with Gasteiger partial charge in [0.05, 0.1) is 15.2 Å². The van der Waals surface area contributed by atoms with Crippen LogP contribution in [0.4, 0.5) is 0 Å². The SMILES string of the molecule is C=CCOc1c(C(C)(C)C)cc(OC)cc1[Si](C)(C)C1c2cc(-c3ccc(C(C)CC)cc3)ccc2-c2ccc(-c3ccc(C(C)CC)cc3)cc21. The van der Waals surface area contributed by atoms with E-state index in [1.807, 2.05) is 6.08 Å². The van der Waals surface area contributed by atoms with E-state index in [0.29, 0.717) is 18.4 Å². The molecule has 0 spiro atoms. The van der Waals surface area contributed by atoms with Crippen molar-refractivity contribution >= 4 is 13.3 Å². The second-order valence-corrected chi connectivity index (χ2v) is 21.1. The maximum absolute atomic E-state index is 6.69. The van der Waals surface area contributed by atoms with Gasteiger partial charge in [0.25, 0.3) is 0 Å². The van der Waals surface area contributed by atoms with Crippen molar-refractivity contribution in [2.24, 2.45) is 0 Å². The predicted octanol–water partition coefficient (Wildman–Crippen LogP) is 13.2. The Morgan fingerprint density at radius 2 is 1.15 bits per heavy atom. The van der Waals surface area contributed by atoms with Crippen molar-refractivity contribution in [3.8, 4) is 44.9 Å². The van der Waals surface area contributed by atoms with Crippen molar-refractivity contribution < 1.29 is 9.47 Å². The van der Waals surface area contributed by atoms with Gasteiger partial charge < -0.3 is 9.47 Å². The highest BCUT2D eigenvalue weighted by Gasteiger charge is 2.45. The van der Waals surface area contributed by atoms with Crippen LogP contribution in [0.15, 0.2) is 110 Å². The molecule has 0 saturated heterocycles. The first-order chi connectivity index (χ1) is 24.8. The molecule has 270 valence electrons. The minimum absolute atomic E-state index is 0.140. The molecule has 1 aliphatic carbocycles. The number of methoxy groups -OCH3 is 1. The van der Waals surface area contributed by atoms with Crippen LogP contribution >= 0.6 is 0 Å². The quantitative estimate of drug-likeness (QED) is 0.0950. The molecule has 0 aromatic heterocycles. The summed E-state index contributed by atoms with van der Waals surface area (Å²) < 4.78 is 12.7. The van der Waals surface area contributed by atoms with E-state index < -0.39 is 8.07 Å². The zero-order chi connectivity index (χ0) is 37.4. The molecular formula is C49H58O2Si. The summed E-state index contributed by atoms with van der Waals surface area (Å²) in [5.74, 6) is 2.99. The summed E-state index contributed by atoms with van der Waals surface area (Å²) in [6.07, 6.45) is 4.13. The standard InChI is InChI=1S/C49H58O2Si/c1-12-27-51-47-45(49(6,7)8)30-40(50-9)31-46(47)52(10,11)48-43-28-38(36-19-15-34(16-20-36)32(4)13-2)23-25-41(43)42-26-24-39(29-44(42)48)37-21-17-35(18-22-37)33(5)14-3/h12,15-26,28-33,48H,1,13-14,27H2,2-11H3. The molecule has 0 heterocycles. The fourth-order valence-corrected chi connectivity index (χ4v) is 11.7. The molecule has 5 aromatic carbocycles. The molecule has 0 fully saturated rings. The van der Waals surface area contributed by atoms with Crippen molar-refractivity contribution in [1.29, 1.82) is 0 Å². The van der Waals surface area contributed by atoms with Crippen LogP contribution in [-0.4, -0.2) is 21.8 Å². The highest BCUT2D eigenvalue weighted by Crippen LogP contribution is 2.52. The lowest BCUT2D eigenvalue weighted by Crippen LogP contribution is -2.49. The Kier molecular flexibility index (Phi) is 10.8. The molecule has 0 radical (unpaired) electrons. The molecule has 2 unspecified atom stereocenters.